The number of aliphatic hydroxyl groups is 2. The van der Waals surface area contributed by atoms with Crippen LogP contribution in [0, 0.1) is 0 Å². The van der Waals surface area contributed by atoms with Gasteiger partial charge in [-0.05, 0) is 13.0 Å². The average molecular weight is 330 g/mol. The number of nitrogens with one attached hydrogen (secondary N) is 1. The summed E-state index contributed by atoms with van der Waals surface area (Å²) in [6, 6.07) is -0.155. The predicted molar refractivity (Wildman–Crippen MR) is 101 cm³/mol. The average Bonchev–Trinajstić information content (AvgIpc) is 2.56. The van der Waals surface area contributed by atoms with E-state index in [9.17, 15) is 10.2 Å². The zero-order valence-electron chi connectivity index (χ0n) is 15.9. The van der Waals surface area contributed by atoms with Crippen LogP contribution < -0.4 is 5.32 Å². The quantitative estimate of drug-likeness (QED) is 0.317. The van der Waals surface area contributed by atoms with E-state index in [1.54, 1.807) is 0 Å². The lowest BCUT2D eigenvalue weighted by Gasteiger charge is -2.21. The maximum absolute atomic E-state index is 9.99. The van der Waals surface area contributed by atoms with Crippen molar-refractivity contribution >= 4 is 0 Å². The van der Waals surface area contributed by atoms with Crippen LogP contribution in [0.4, 0.5) is 0 Å². The van der Waals surface area contributed by atoms with Crippen molar-refractivity contribution in [1.82, 2.24) is 5.32 Å². The third-order valence-electron chi connectivity index (χ3n) is 4.73. The van der Waals surface area contributed by atoms with Gasteiger partial charge in [-0.25, -0.2) is 0 Å². The summed E-state index contributed by atoms with van der Waals surface area (Å²) in [5.41, 5.74) is 0. The summed E-state index contributed by atoms with van der Waals surface area (Å²) in [6.45, 7) is 5.09. The van der Waals surface area contributed by atoms with Gasteiger partial charge in [0, 0.05) is 0 Å². The summed E-state index contributed by atoms with van der Waals surface area (Å²) in [6.07, 6.45) is 17.9. The minimum atomic E-state index is -0.410. The molecule has 0 saturated carbocycles. The Bertz CT molecular complexity index is 224. The van der Waals surface area contributed by atoms with Crippen LogP contribution in [0.2, 0.25) is 0 Å². The van der Waals surface area contributed by atoms with Crippen molar-refractivity contribution in [2.75, 3.05) is 13.2 Å². The normalized spacial score (nSPS) is 14.1. The SMILES string of the molecule is CCCCCCCCCCCCCCC[C@@H](O)[C@H](CO)NCC. The smallest absolute Gasteiger partial charge is 0.0715 e. The van der Waals surface area contributed by atoms with Gasteiger partial charge in [0.2, 0.25) is 0 Å². The van der Waals surface area contributed by atoms with Crippen molar-refractivity contribution in [3.05, 3.63) is 0 Å². The van der Waals surface area contributed by atoms with Gasteiger partial charge in [0.25, 0.3) is 0 Å². The molecule has 2 atom stereocenters. The first-order chi connectivity index (χ1) is 11.3. The van der Waals surface area contributed by atoms with Crippen molar-refractivity contribution in [2.45, 2.75) is 116 Å². The number of likely N-dealkylation sites (N-methyl/N-ethyl adjacent to an activating group) is 1. The van der Waals surface area contributed by atoms with E-state index in [2.05, 4.69) is 12.2 Å². The molecule has 0 aliphatic carbocycles. The molecule has 0 aromatic heterocycles. The zero-order valence-corrected chi connectivity index (χ0v) is 15.9. The summed E-state index contributed by atoms with van der Waals surface area (Å²) in [7, 11) is 0. The van der Waals surface area contributed by atoms with Gasteiger partial charge in [-0.3, -0.25) is 0 Å². The molecule has 140 valence electrons. The molecule has 0 heterocycles. The highest BCUT2D eigenvalue weighted by atomic mass is 16.3. The van der Waals surface area contributed by atoms with Gasteiger partial charge in [0.05, 0.1) is 18.8 Å². The van der Waals surface area contributed by atoms with Crippen LogP contribution in [-0.2, 0) is 0 Å². The molecule has 0 aromatic carbocycles. The molecule has 0 spiro atoms. The van der Waals surface area contributed by atoms with Gasteiger partial charge < -0.3 is 15.5 Å². The molecule has 0 amide bonds. The van der Waals surface area contributed by atoms with E-state index in [-0.39, 0.29) is 12.6 Å². The first kappa shape index (κ1) is 22.9. The van der Waals surface area contributed by atoms with Crippen molar-refractivity contribution in [3.63, 3.8) is 0 Å². The molecule has 0 saturated heterocycles. The number of unbranched alkanes of at least 4 members (excludes halogenated alkanes) is 12. The molecule has 0 radical (unpaired) electrons. The molecule has 0 aliphatic rings. The highest BCUT2D eigenvalue weighted by Crippen LogP contribution is 2.14. The largest absolute Gasteiger partial charge is 0.395 e. The molecule has 3 heteroatoms. The van der Waals surface area contributed by atoms with Crippen LogP contribution in [0.5, 0.6) is 0 Å². The lowest BCUT2D eigenvalue weighted by molar-refractivity contribution is 0.0821. The number of aliphatic hydroxyl groups excluding tert-OH is 2. The van der Waals surface area contributed by atoms with E-state index in [0.29, 0.717) is 0 Å². The van der Waals surface area contributed by atoms with E-state index >= 15 is 0 Å². The fourth-order valence-corrected chi connectivity index (χ4v) is 3.16. The van der Waals surface area contributed by atoms with E-state index in [1.807, 2.05) is 6.92 Å². The topological polar surface area (TPSA) is 52.5 Å². The first-order valence-corrected chi connectivity index (χ1v) is 10.3. The molecule has 0 fully saturated rings. The van der Waals surface area contributed by atoms with Gasteiger partial charge in [-0.2, -0.15) is 0 Å². The van der Waals surface area contributed by atoms with Crippen molar-refractivity contribution in [2.24, 2.45) is 0 Å². The Morgan fingerprint density at radius 2 is 1.13 bits per heavy atom. The lowest BCUT2D eigenvalue weighted by Crippen LogP contribution is -2.42. The number of hydrogen-bond acceptors (Lipinski definition) is 3. The zero-order chi connectivity index (χ0) is 17.2. The molecule has 0 bridgehead atoms. The Morgan fingerprint density at radius 1 is 0.696 bits per heavy atom. The van der Waals surface area contributed by atoms with Gasteiger partial charge in [-0.1, -0.05) is 97.3 Å². The van der Waals surface area contributed by atoms with E-state index in [4.69, 9.17) is 0 Å². The molecule has 0 aromatic rings. The maximum Gasteiger partial charge on any atom is 0.0715 e. The van der Waals surface area contributed by atoms with Crippen LogP contribution in [0.1, 0.15) is 104 Å². The van der Waals surface area contributed by atoms with E-state index in [1.165, 1.54) is 77.0 Å². The van der Waals surface area contributed by atoms with Gasteiger partial charge >= 0.3 is 0 Å². The third kappa shape index (κ3) is 15.2. The summed E-state index contributed by atoms with van der Waals surface area (Å²) < 4.78 is 0. The Labute approximate surface area is 145 Å². The molecule has 0 unspecified atom stereocenters. The summed E-state index contributed by atoms with van der Waals surface area (Å²) in [5, 5.41) is 22.3. The summed E-state index contributed by atoms with van der Waals surface area (Å²) in [5.74, 6) is 0. The fraction of sp³-hybridized carbons (Fsp3) is 1.00. The van der Waals surface area contributed by atoms with E-state index < -0.39 is 6.10 Å². The molecule has 3 nitrogen and oxygen atoms in total. The highest BCUT2D eigenvalue weighted by molar-refractivity contribution is 4.74. The Kier molecular flexibility index (Phi) is 18.1. The Morgan fingerprint density at radius 3 is 1.52 bits per heavy atom. The van der Waals surface area contributed by atoms with Gasteiger partial charge in [-0.15, -0.1) is 0 Å². The van der Waals surface area contributed by atoms with Crippen molar-refractivity contribution in [1.29, 1.82) is 0 Å². The van der Waals surface area contributed by atoms with Crippen molar-refractivity contribution < 1.29 is 10.2 Å². The van der Waals surface area contributed by atoms with E-state index in [0.717, 1.165) is 19.4 Å². The maximum atomic E-state index is 9.99. The van der Waals surface area contributed by atoms with Crippen LogP contribution in [-0.4, -0.2) is 35.5 Å². The molecule has 0 rings (SSSR count). The first-order valence-electron chi connectivity index (χ1n) is 10.3. The van der Waals surface area contributed by atoms with Crippen LogP contribution >= 0.6 is 0 Å². The number of hydrogen-bond donors (Lipinski definition) is 3. The molecular weight excluding hydrogens is 286 g/mol. The van der Waals surface area contributed by atoms with Crippen LogP contribution in [0.25, 0.3) is 0 Å². The minimum Gasteiger partial charge on any atom is -0.395 e. The van der Waals surface area contributed by atoms with Crippen LogP contribution in [0.3, 0.4) is 0 Å². The predicted octanol–water partition coefficient (Wildman–Crippen LogP) is 4.80. The fourth-order valence-electron chi connectivity index (χ4n) is 3.16. The second-order valence-electron chi connectivity index (χ2n) is 6.95. The van der Waals surface area contributed by atoms with Gasteiger partial charge in [0.15, 0.2) is 0 Å². The Balaban J connectivity index is 3.24. The lowest BCUT2D eigenvalue weighted by atomic mass is 10.0. The molecular formula is C20H43NO2. The summed E-state index contributed by atoms with van der Waals surface area (Å²) >= 11 is 0. The minimum absolute atomic E-state index is 0.0213. The molecule has 0 aliphatic heterocycles. The Hall–Kier alpha value is -0.120. The number of rotatable bonds is 18. The van der Waals surface area contributed by atoms with Crippen molar-refractivity contribution in [3.8, 4) is 0 Å². The second kappa shape index (κ2) is 18.2. The highest BCUT2D eigenvalue weighted by Gasteiger charge is 2.16. The summed E-state index contributed by atoms with van der Waals surface area (Å²) in [4.78, 5) is 0. The molecule has 23 heavy (non-hydrogen) atoms. The standard InChI is InChI=1S/C20H43NO2/c1-3-5-6-7-8-9-10-11-12-13-14-15-16-17-20(23)19(18-22)21-4-2/h19-23H,3-18H2,1-2H3/t19-,20+/m0/s1. The van der Waals surface area contributed by atoms with Crippen LogP contribution in [0.15, 0.2) is 0 Å². The monoisotopic (exact) mass is 329 g/mol. The second-order valence-corrected chi connectivity index (χ2v) is 6.95. The third-order valence-corrected chi connectivity index (χ3v) is 4.73. The molecule has 3 N–H and O–H groups in total. The van der Waals surface area contributed by atoms with Gasteiger partial charge in [0.1, 0.15) is 0 Å².